The first-order valence-corrected chi connectivity index (χ1v) is 11.1. The lowest BCUT2D eigenvalue weighted by Gasteiger charge is -2.28. The maximum atomic E-state index is 12.5. The molecule has 0 spiro atoms. The van der Waals surface area contributed by atoms with Crippen molar-refractivity contribution in [2.24, 2.45) is 0 Å². The SMILES string of the molecule is CCO[Si](OCC)(OCC)c1ccc(NC(=O)c2cc(C)cc(C)c2)cc1. The van der Waals surface area contributed by atoms with Gasteiger partial charge in [-0.05, 0) is 58.9 Å². The van der Waals surface area contributed by atoms with E-state index in [0.717, 1.165) is 22.0 Å². The van der Waals surface area contributed by atoms with Crippen LogP contribution in [-0.2, 0) is 13.3 Å². The number of hydrogen-bond acceptors (Lipinski definition) is 4. The first kappa shape index (κ1) is 21.3. The van der Waals surface area contributed by atoms with Crippen LogP contribution in [0.15, 0.2) is 42.5 Å². The Kier molecular flexibility index (Phi) is 7.74. The van der Waals surface area contributed by atoms with E-state index >= 15 is 0 Å². The van der Waals surface area contributed by atoms with Crippen molar-refractivity contribution in [1.29, 1.82) is 0 Å². The third-order valence-corrected chi connectivity index (χ3v) is 7.03. The maximum Gasteiger partial charge on any atom is 0.537 e. The van der Waals surface area contributed by atoms with Crippen molar-refractivity contribution in [2.75, 3.05) is 25.1 Å². The van der Waals surface area contributed by atoms with Gasteiger partial charge in [-0.3, -0.25) is 4.79 Å². The lowest BCUT2D eigenvalue weighted by atomic mass is 10.1. The summed E-state index contributed by atoms with van der Waals surface area (Å²) in [6, 6.07) is 13.3. The van der Waals surface area contributed by atoms with Crippen LogP contribution in [0.3, 0.4) is 0 Å². The molecular weight excluding hydrogens is 358 g/mol. The maximum absolute atomic E-state index is 12.5. The normalized spacial score (nSPS) is 11.4. The topological polar surface area (TPSA) is 56.8 Å². The Balaban J connectivity index is 2.20. The minimum atomic E-state index is -2.93. The van der Waals surface area contributed by atoms with E-state index in [1.165, 1.54) is 0 Å². The Labute approximate surface area is 163 Å². The summed E-state index contributed by atoms with van der Waals surface area (Å²) in [6.45, 7) is 11.3. The summed E-state index contributed by atoms with van der Waals surface area (Å²) in [5, 5.41) is 3.83. The number of nitrogens with one attached hydrogen (secondary N) is 1. The zero-order valence-corrected chi connectivity index (χ0v) is 17.8. The molecular formula is C21H29NO4Si. The summed E-state index contributed by atoms with van der Waals surface area (Å²) < 4.78 is 17.8. The first-order chi connectivity index (χ1) is 12.9. The van der Waals surface area contributed by atoms with Crippen LogP contribution in [-0.4, -0.2) is 34.5 Å². The molecule has 0 saturated heterocycles. The molecule has 0 aliphatic heterocycles. The van der Waals surface area contributed by atoms with Crippen LogP contribution in [0.4, 0.5) is 5.69 Å². The van der Waals surface area contributed by atoms with Gasteiger partial charge in [-0.2, -0.15) is 0 Å². The van der Waals surface area contributed by atoms with E-state index in [0.29, 0.717) is 25.4 Å². The van der Waals surface area contributed by atoms with Crippen LogP contribution < -0.4 is 10.5 Å². The second kappa shape index (κ2) is 9.80. The standard InChI is InChI=1S/C21H29NO4Si/c1-6-24-27(25-7-2,26-8-3)20-11-9-19(10-12-20)22-21(23)18-14-16(4)13-17(5)15-18/h9-15H,6-8H2,1-5H3,(H,22,23). The quantitative estimate of drug-likeness (QED) is 0.665. The van der Waals surface area contributed by atoms with E-state index in [2.05, 4.69) is 5.32 Å². The summed E-state index contributed by atoms with van der Waals surface area (Å²) in [6.07, 6.45) is 0. The van der Waals surface area contributed by atoms with E-state index in [4.69, 9.17) is 13.3 Å². The number of amides is 1. The van der Waals surface area contributed by atoms with Crippen molar-refractivity contribution in [3.8, 4) is 0 Å². The summed E-state index contributed by atoms with van der Waals surface area (Å²) in [5.74, 6) is -0.127. The van der Waals surface area contributed by atoms with Gasteiger partial charge < -0.3 is 18.6 Å². The zero-order chi connectivity index (χ0) is 19.9. The van der Waals surface area contributed by atoms with Gasteiger partial charge in [-0.15, -0.1) is 0 Å². The van der Waals surface area contributed by atoms with Gasteiger partial charge in [0.05, 0.1) is 0 Å². The van der Waals surface area contributed by atoms with Gasteiger partial charge in [-0.25, -0.2) is 0 Å². The van der Waals surface area contributed by atoms with Crippen LogP contribution in [0, 0.1) is 13.8 Å². The van der Waals surface area contributed by atoms with E-state index in [9.17, 15) is 4.79 Å². The van der Waals surface area contributed by atoms with E-state index in [1.54, 1.807) is 0 Å². The molecule has 1 amide bonds. The third-order valence-electron chi connectivity index (χ3n) is 3.98. The molecule has 146 valence electrons. The van der Waals surface area contributed by atoms with Crippen LogP contribution >= 0.6 is 0 Å². The molecule has 1 N–H and O–H groups in total. The molecule has 6 heteroatoms. The average Bonchev–Trinajstić information content (AvgIpc) is 2.62. The number of carbonyl (C=O) groups is 1. The highest BCUT2D eigenvalue weighted by molar-refractivity contribution is 6.75. The van der Waals surface area contributed by atoms with Crippen molar-refractivity contribution in [3.05, 3.63) is 59.2 Å². The van der Waals surface area contributed by atoms with Gasteiger partial charge in [0.2, 0.25) is 0 Å². The third kappa shape index (κ3) is 5.49. The highest BCUT2D eigenvalue weighted by atomic mass is 28.4. The number of aryl methyl sites for hydroxylation is 2. The monoisotopic (exact) mass is 387 g/mol. The van der Waals surface area contributed by atoms with E-state index in [1.807, 2.05) is 77.1 Å². The van der Waals surface area contributed by atoms with Crippen molar-refractivity contribution in [3.63, 3.8) is 0 Å². The molecule has 0 aliphatic rings. The predicted molar refractivity (Wildman–Crippen MR) is 111 cm³/mol. The van der Waals surface area contributed by atoms with Gasteiger partial charge in [0.1, 0.15) is 0 Å². The highest BCUT2D eigenvalue weighted by Gasteiger charge is 2.43. The molecule has 5 nitrogen and oxygen atoms in total. The van der Waals surface area contributed by atoms with Crippen LogP contribution in [0.2, 0.25) is 0 Å². The van der Waals surface area contributed by atoms with Crippen molar-refractivity contribution < 1.29 is 18.1 Å². The molecule has 0 radical (unpaired) electrons. The smallest absolute Gasteiger partial charge is 0.370 e. The fraction of sp³-hybridized carbons (Fsp3) is 0.381. The van der Waals surface area contributed by atoms with E-state index in [-0.39, 0.29) is 5.91 Å². The lowest BCUT2D eigenvalue weighted by molar-refractivity contribution is 0.0859. The fourth-order valence-corrected chi connectivity index (χ4v) is 5.48. The largest absolute Gasteiger partial charge is 0.537 e. The molecule has 2 aromatic rings. The molecule has 2 rings (SSSR count). The van der Waals surface area contributed by atoms with E-state index < -0.39 is 8.80 Å². The molecule has 0 aliphatic carbocycles. The zero-order valence-electron chi connectivity index (χ0n) is 16.8. The second-order valence-electron chi connectivity index (χ2n) is 6.26. The number of rotatable bonds is 9. The molecule has 0 bridgehead atoms. The van der Waals surface area contributed by atoms with Crippen molar-refractivity contribution >= 4 is 25.6 Å². The van der Waals surface area contributed by atoms with Gasteiger partial charge in [0.15, 0.2) is 0 Å². The van der Waals surface area contributed by atoms with Gasteiger partial charge in [-0.1, -0.05) is 29.3 Å². The molecule has 0 saturated carbocycles. The minimum absolute atomic E-state index is 0.127. The Morgan fingerprint density at radius 1 is 0.852 bits per heavy atom. The lowest BCUT2D eigenvalue weighted by Crippen LogP contribution is -2.56. The van der Waals surface area contributed by atoms with Gasteiger partial charge in [0.25, 0.3) is 5.91 Å². The van der Waals surface area contributed by atoms with Crippen LogP contribution in [0.25, 0.3) is 0 Å². The molecule has 0 atom stereocenters. The average molecular weight is 388 g/mol. The fourth-order valence-electron chi connectivity index (χ4n) is 3.01. The Morgan fingerprint density at radius 3 is 1.78 bits per heavy atom. The minimum Gasteiger partial charge on any atom is -0.370 e. The van der Waals surface area contributed by atoms with Crippen LogP contribution in [0.5, 0.6) is 0 Å². The van der Waals surface area contributed by atoms with Gasteiger partial charge >= 0.3 is 8.80 Å². The Morgan fingerprint density at radius 2 is 1.33 bits per heavy atom. The molecule has 2 aromatic carbocycles. The first-order valence-electron chi connectivity index (χ1n) is 9.36. The predicted octanol–water partition coefficient (Wildman–Crippen LogP) is 3.81. The molecule has 0 unspecified atom stereocenters. The second-order valence-corrected chi connectivity index (χ2v) is 8.82. The molecule has 0 heterocycles. The van der Waals surface area contributed by atoms with Gasteiger partial charge in [0, 0.05) is 36.3 Å². The molecule has 0 fully saturated rings. The number of hydrogen-bond donors (Lipinski definition) is 1. The summed E-state index contributed by atoms with van der Waals surface area (Å²) >= 11 is 0. The molecule has 27 heavy (non-hydrogen) atoms. The number of carbonyl (C=O) groups excluding carboxylic acids is 1. The van der Waals surface area contributed by atoms with Crippen molar-refractivity contribution in [1.82, 2.24) is 0 Å². The summed E-state index contributed by atoms with van der Waals surface area (Å²) in [5.41, 5.74) is 3.50. The van der Waals surface area contributed by atoms with Crippen LogP contribution in [0.1, 0.15) is 42.3 Å². The number of anilines is 1. The summed E-state index contributed by atoms with van der Waals surface area (Å²) in [7, 11) is -2.93. The molecule has 0 aromatic heterocycles. The highest BCUT2D eigenvalue weighted by Crippen LogP contribution is 2.15. The van der Waals surface area contributed by atoms with Crippen molar-refractivity contribution in [2.45, 2.75) is 34.6 Å². The Bertz CT molecular complexity index is 724. The Hall–Kier alpha value is -1.99. The number of benzene rings is 2. The summed E-state index contributed by atoms with van der Waals surface area (Å²) in [4.78, 5) is 12.5.